The second-order valence-electron chi connectivity index (χ2n) is 5.76. The number of benzene rings is 1. The Hall–Kier alpha value is -2.63. The number of hydrogen-bond acceptors (Lipinski definition) is 6. The second-order valence-corrected chi connectivity index (χ2v) is 7.39. The summed E-state index contributed by atoms with van der Waals surface area (Å²) >= 11 is 0. The lowest BCUT2D eigenvalue weighted by Gasteiger charge is -2.25. The highest BCUT2D eigenvalue weighted by Crippen LogP contribution is 2.31. The van der Waals surface area contributed by atoms with E-state index in [2.05, 4.69) is 10.3 Å². The highest BCUT2D eigenvalue weighted by atomic mass is 32.2. The molecule has 8 nitrogen and oxygen atoms in total. The van der Waals surface area contributed by atoms with Gasteiger partial charge in [-0.1, -0.05) is 5.21 Å². The number of alkyl halides is 3. The van der Waals surface area contributed by atoms with E-state index in [4.69, 9.17) is 4.74 Å². The standard InChI is InChI=1S/C14H15F3N4O4S/c1-13(2,25-10-6-4-9(5-7-10)14(15,16)17)12(22)19-26(23,24)11-8-18-20-21(11)3/h4-8H,1-3H3,(H,19,22). The van der Waals surface area contributed by atoms with Gasteiger partial charge in [0.05, 0.1) is 11.8 Å². The molecule has 1 amide bonds. The fourth-order valence-electron chi connectivity index (χ4n) is 1.87. The number of carbonyl (C=O) groups is 1. The number of nitrogens with one attached hydrogen (secondary N) is 1. The third-order valence-electron chi connectivity index (χ3n) is 3.28. The Morgan fingerprint density at radius 1 is 1.19 bits per heavy atom. The van der Waals surface area contributed by atoms with Crippen molar-refractivity contribution < 1.29 is 31.1 Å². The van der Waals surface area contributed by atoms with E-state index in [1.54, 1.807) is 0 Å². The average Bonchev–Trinajstić information content (AvgIpc) is 2.93. The van der Waals surface area contributed by atoms with Crippen LogP contribution in [0, 0.1) is 0 Å². The Balaban J connectivity index is 2.14. The molecule has 26 heavy (non-hydrogen) atoms. The number of aromatic nitrogens is 3. The van der Waals surface area contributed by atoms with Crippen molar-refractivity contribution in [2.24, 2.45) is 7.05 Å². The first kappa shape index (κ1) is 19.7. The summed E-state index contributed by atoms with van der Waals surface area (Å²) in [6, 6.07) is 3.66. The van der Waals surface area contributed by atoms with Gasteiger partial charge in [0.25, 0.3) is 15.9 Å². The predicted octanol–water partition coefficient (Wildman–Crippen LogP) is 1.50. The molecule has 2 aromatic rings. The number of carbonyl (C=O) groups excluding carboxylic acids is 1. The molecule has 0 spiro atoms. The van der Waals surface area contributed by atoms with Crippen molar-refractivity contribution in [3.05, 3.63) is 36.0 Å². The van der Waals surface area contributed by atoms with Gasteiger partial charge in [-0.25, -0.2) is 9.40 Å². The van der Waals surface area contributed by atoms with Gasteiger partial charge in [-0.05, 0) is 38.1 Å². The molecular formula is C14H15F3N4O4S. The molecule has 0 fully saturated rings. The molecule has 1 aromatic heterocycles. The summed E-state index contributed by atoms with van der Waals surface area (Å²) in [5.74, 6) is -1.05. The maximum absolute atomic E-state index is 12.6. The number of rotatable bonds is 5. The summed E-state index contributed by atoms with van der Waals surface area (Å²) in [5, 5.41) is 6.54. The first-order chi connectivity index (χ1) is 11.8. The molecule has 0 saturated heterocycles. The largest absolute Gasteiger partial charge is 0.478 e. The topological polar surface area (TPSA) is 103 Å². The van der Waals surface area contributed by atoms with Gasteiger partial charge in [0, 0.05) is 7.05 Å². The summed E-state index contributed by atoms with van der Waals surface area (Å²) in [4.78, 5) is 12.3. The molecule has 0 aliphatic carbocycles. The molecule has 1 heterocycles. The fourth-order valence-corrected chi connectivity index (χ4v) is 3.04. The lowest BCUT2D eigenvalue weighted by Crippen LogP contribution is -2.48. The molecule has 0 radical (unpaired) electrons. The van der Waals surface area contributed by atoms with E-state index < -0.39 is 33.3 Å². The molecule has 0 saturated carbocycles. The van der Waals surface area contributed by atoms with Crippen molar-refractivity contribution in [1.29, 1.82) is 0 Å². The average molecular weight is 392 g/mol. The number of sulfonamides is 1. The third kappa shape index (κ3) is 4.31. The van der Waals surface area contributed by atoms with Crippen LogP contribution in [0.4, 0.5) is 13.2 Å². The maximum Gasteiger partial charge on any atom is 0.416 e. The van der Waals surface area contributed by atoms with Crippen LogP contribution in [0.5, 0.6) is 5.75 Å². The first-order valence-corrected chi connectivity index (χ1v) is 8.59. The number of aryl methyl sites for hydroxylation is 1. The summed E-state index contributed by atoms with van der Waals surface area (Å²) in [6.07, 6.45) is -3.55. The van der Waals surface area contributed by atoms with Crippen LogP contribution in [0.1, 0.15) is 19.4 Å². The molecule has 1 aromatic carbocycles. The maximum atomic E-state index is 12.6. The number of hydrogen-bond donors (Lipinski definition) is 1. The third-order valence-corrected chi connectivity index (χ3v) is 4.65. The zero-order valence-corrected chi connectivity index (χ0v) is 14.7. The van der Waals surface area contributed by atoms with Crippen molar-refractivity contribution in [2.75, 3.05) is 0 Å². The van der Waals surface area contributed by atoms with Crippen LogP contribution in [0.25, 0.3) is 0 Å². The van der Waals surface area contributed by atoms with Gasteiger partial charge in [0.1, 0.15) is 5.75 Å². The smallest absolute Gasteiger partial charge is 0.416 e. The number of ether oxygens (including phenoxy) is 1. The van der Waals surface area contributed by atoms with Crippen LogP contribution in [0.15, 0.2) is 35.5 Å². The Labute approximate surface area is 147 Å². The number of nitrogens with zero attached hydrogens (tertiary/aromatic N) is 3. The number of halogens is 3. The summed E-state index contributed by atoms with van der Waals surface area (Å²) in [7, 11) is -2.91. The molecule has 2 rings (SSSR count). The fraction of sp³-hybridized carbons (Fsp3) is 0.357. The lowest BCUT2D eigenvalue weighted by atomic mass is 10.1. The minimum Gasteiger partial charge on any atom is -0.478 e. The lowest BCUT2D eigenvalue weighted by molar-refractivity contribution is -0.137. The number of amides is 1. The molecule has 0 aliphatic rings. The van der Waals surface area contributed by atoms with Crippen LogP contribution in [0.2, 0.25) is 0 Å². The van der Waals surface area contributed by atoms with Crippen molar-refractivity contribution >= 4 is 15.9 Å². The zero-order chi connectivity index (χ0) is 19.8. The second kappa shape index (κ2) is 6.59. The zero-order valence-electron chi connectivity index (χ0n) is 13.9. The van der Waals surface area contributed by atoms with Crippen molar-refractivity contribution in [3.8, 4) is 5.75 Å². The monoisotopic (exact) mass is 392 g/mol. The van der Waals surface area contributed by atoms with E-state index in [-0.39, 0.29) is 10.8 Å². The summed E-state index contributed by atoms with van der Waals surface area (Å²) in [5.41, 5.74) is -2.56. The van der Waals surface area contributed by atoms with Crippen LogP contribution >= 0.6 is 0 Å². The Morgan fingerprint density at radius 2 is 1.77 bits per heavy atom. The molecule has 0 atom stereocenters. The highest BCUT2D eigenvalue weighted by molar-refractivity contribution is 7.90. The van der Waals surface area contributed by atoms with Crippen molar-refractivity contribution in [2.45, 2.75) is 30.7 Å². The van der Waals surface area contributed by atoms with Crippen molar-refractivity contribution in [3.63, 3.8) is 0 Å². The van der Waals surface area contributed by atoms with Gasteiger partial charge in [0.15, 0.2) is 10.6 Å². The summed E-state index contributed by atoms with van der Waals surface area (Å²) < 4.78 is 70.1. The Kier molecular flexibility index (Phi) is 4.99. The van der Waals surface area contributed by atoms with E-state index in [1.165, 1.54) is 20.9 Å². The van der Waals surface area contributed by atoms with Gasteiger partial charge in [-0.15, -0.1) is 5.10 Å². The molecule has 0 aliphatic heterocycles. The predicted molar refractivity (Wildman–Crippen MR) is 82.5 cm³/mol. The minimum atomic E-state index is -4.50. The molecule has 12 heteroatoms. The minimum absolute atomic E-state index is 0.0299. The highest BCUT2D eigenvalue weighted by Gasteiger charge is 2.35. The van der Waals surface area contributed by atoms with Gasteiger partial charge < -0.3 is 4.74 Å². The molecule has 1 N–H and O–H groups in total. The normalized spacial score (nSPS) is 12.7. The van der Waals surface area contributed by atoms with Gasteiger partial charge in [-0.2, -0.15) is 21.6 Å². The Bertz CT molecular complexity index is 905. The van der Waals surface area contributed by atoms with Gasteiger partial charge >= 0.3 is 6.18 Å². The first-order valence-electron chi connectivity index (χ1n) is 7.11. The van der Waals surface area contributed by atoms with E-state index >= 15 is 0 Å². The molecule has 0 unspecified atom stereocenters. The van der Waals surface area contributed by atoms with E-state index in [9.17, 15) is 26.4 Å². The van der Waals surface area contributed by atoms with E-state index in [0.717, 1.165) is 35.1 Å². The van der Waals surface area contributed by atoms with Gasteiger partial charge in [-0.3, -0.25) is 4.79 Å². The van der Waals surface area contributed by atoms with Crippen LogP contribution in [0.3, 0.4) is 0 Å². The van der Waals surface area contributed by atoms with Crippen molar-refractivity contribution in [1.82, 2.24) is 19.7 Å². The Morgan fingerprint density at radius 3 is 2.23 bits per heavy atom. The van der Waals surface area contributed by atoms with Crippen LogP contribution < -0.4 is 9.46 Å². The molecule has 0 bridgehead atoms. The molecular weight excluding hydrogens is 377 g/mol. The SMILES string of the molecule is Cn1nncc1S(=O)(=O)NC(=O)C(C)(C)Oc1ccc(C(F)(F)F)cc1. The van der Waals surface area contributed by atoms with E-state index in [0.29, 0.717) is 0 Å². The van der Waals surface area contributed by atoms with Crippen LogP contribution in [-0.4, -0.2) is 34.9 Å². The molecule has 142 valence electrons. The summed E-state index contributed by atoms with van der Waals surface area (Å²) in [6.45, 7) is 2.55. The quantitative estimate of drug-likeness (QED) is 0.827. The van der Waals surface area contributed by atoms with Gasteiger partial charge in [0.2, 0.25) is 0 Å². The van der Waals surface area contributed by atoms with Crippen LogP contribution in [-0.2, 0) is 28.0 Å². The van der Waals surface area contributed by atoms with E-state index in [1.807, 2.05) is 4.72 Å².